The van der Waals surface area contributed by atoms with Crippen molar-refractivity contribution in [3.05, 3.63) is 47.4 Å². The maximum absolute atomic E-state index is 12.5. The fraction of sp³-hybridized carbons (Fsp3) is 0.429. The number of aromatic carboxylic acids is 1. The van der Waals surface area contributed by atoms with E-state index in [1.165, 1.54) is 0 Å². The van der Waals surface area contributed by atoms with Gasteiger partial charge < -0.3 is 10.0 Å². The summed E-state index contributed by atoms with van der Waals surface area (Å²) < 4.78 is 0. The molecule has 6 nitrogen and oxygen atoms in total. The fourth-order valence-corrected chi connectivity index (χ4v) is 3.39. The molecule has 0 spiro atoms. The molecule has 1 atom stereocenters. The first-order valence-electron chi connectivity index (χ1n) is 9.14. The highest BCUT2D eigenvalue weighted by Gasteiger charge is 2.34. The van der Waals surface area contributed by atoms with Gasteiger partial charge in [-0.25, -0.2) is 14.8 Å². The lowest BCUT2D eigenvalue weighted by atomic mass is 9.95. The molecule has 1 N–H and O–H groups in total. The van der Waals surface area contributed by atoms with E-state index in [9.17, 15) is 9.59 Å². The van der Waals surface area contributed by atoms with Crippen molar-refractivity contribution in [1.29, 1.82) is 0 Å². The standard InChI is InChI=1S/C21H25N3O3/c1-13-22-17(14-5-7-15(8-6-14)19(25)26)11-18(23-13)16-9-10-24(12-16)20(27)21(2,3)4/h5-8,11,16H,9-10,12H2,1-4H3,(H,25,26)/t16-/m1/s1. The second-order valence-electron chi connectivity index (χ2n) is 8.09. The molecule has 1 saturated heterocycles. The van der Waals surface area contributed by atoms with Gasteiger partial charge in [0.2, 0.25) is 5.91 Å². The van der Waals surface area contributed by atoms with Gasteiger partial charge in [-0.05, 0) is 31.5 Å². The van der Waals surface area contributed by atoms with E-state index in [1.54, 1.807) is 24.3 Å². The zero-order chi connectivity index (χ0) is 19.8. The number of carboxylic acids is 1. The molecule has 1 aromatic carbocycles. The minimum atomic E-state index is -0.948. The number of aryl methyl sites for hydroxylation is 1. The van der Waals surface area contributed by atoms with Crippen LogP contribution in [0.1, 0.15) is 55.0 Å². The number of carbonyl (C=O) groups excluding carboxylic acids is 1. The summed E-state index contributed by atoms with van der Waals surface area (Å²) in [5.41, 5.74) is 2.43. The van der Waals surface area contributed by atoms with E-state index >= 15 is 0 Å². The zero-order valence-electron chi connectivity index (χ0n) is 16.2. The van der Waals surface area contributed by atoms with Gasteiger partial charge in [0.1, 0.15) is 5.82 Å². The van der Waals surface area contributed by atoms with Crippen LogP contribution in [0, 0.1) is 12.3 Å². The summed E-state index contributed by atoms with van der Waals surface area (Å²) in [5.74, 6) is 0.0800. The number of carbonyl (C=O) groups is 2. The fourth-order valence-electron chi connectivity index (χ4n) is 3.39. The first-order valence-corrected chi connectivity index (χ1v) is 9.14. The molecule has 1 aromatic heterocycles. The first kappa shape index (κ1) is 19.0. The molecule has 3 rings (SSSR count). The summed E-state index contributed by atoms with van der Waals surface area (Å²) in [4.78, 5) is 34.6. The highest BCUT2D eigenvalue weighted by atomic mass is 16.4. The Morgan fingerprint density at radius 3 is 2.41 bits per heavy atom. The van der Waals surface area contributed by atoms with Gasteiger partial charge in [0, 0.05) is 35.7 Å². The molecular weight excluding hydrogens is 342 g/mol. The minimum absolute atomic E-state index is 0.167. The van der Waals surface area contributed by atoms with Crippen LogP contribution in [0.2, 0.25) is 0 Å². The Morgan fingerprint density at radius 1 is 1.15 bits per heavy atom. The highest BCUT2D eigenvalue weighted by molar-refractivity contribution is 5.88. The van der Waals surface area contributed by atoms with Crippen LogP contribution < -0.4 is 0 Å². The van der Waals surface area contributed by atoms with Crippen molar-refractivity contribution in [2.45, 2.75) is 40.0 Å². The van der Waals surface area contributed by atoms with Crippen LogP contribution in [0.3, 0.4) is 0 Å². The molecule has 0 unspecified atom stereocenters. The molecule has 6 heteroatoms. The van der Waals surface area contributed by atoms with Gasteiger partial charge in [-0.15, -0.1) is 0 Å². The van der Waals surface area contributed by atoms with Crippen LogP contribution in [0.5, 0.6) is 0 Å². The van der Waals surface area contributed by atoms with Crippen molar-refractivity contribution >= 4 is 11.9 Å². The Hall–Kier alpha value is -2.76. The highest BCUT2D eigenvalue weighted by Crippen LogP contribution is 2.31. The van der Waals surface area contributed by atoms with E-state index in [0.717, 1.165) is 29.9 Å². The zero-order valence-corrected chi connectivity index (χ0v) is 16.2. The maximum Gasteiger partial charge on any atom is 0.335 e. The van der Waals surface area contributed by atoms with Crippen molar-refractivity contribution in [3.8, 4) is 11.3 Å². The number of hydrogen-bond acceptors (Lipinski definition) is 4. The van der Waals surface area contributed by atoms with E-state index in [-0.39, 0.29) is 22.8 Å². The van der Waals surface area contributed by atoms with Gasteiger partial charge in [0.25, 0.3) is 0 Å². The number of aromatic nitrogens is 2. The lowest BCUT2D eigenvalue weighted by Crippen LogP contribution is -2.37. The Kier molecular flexibility index (Phi) is 5.00. The third-order valence-electron chi connectivity index (χ3n) is 4.82. The van der Waals surface area contributed by atoms with Crippen molar-refractivity contribution < 1.29 is 14.7 Å². The third kappa shape index (κ3) is 4.15. The summed E-state index contributed by atoms with van der Waals surface area (Å²) in [6.45, 7) is 9.09. The Labute approximate surface area is 159 Å². The van der Waals surface area contributed by atoms with E-state index < -0.39 is 5.97 Å². The van der Waals surface area contributed by atoms with E-state index in [1.807, 2.05) is 38.7 Å². The molecule has 0 radical (unpaired) electrons. The SMILES string of the molecule is Cc1nc(-c2ccc(C(=O)O)cc2)cc([C@@H]2CCN(C(=O)C(C)(C)C)C2)n1. The number of carboxylic acid groups (broad SMARTS) is 1. The van der Waals surface area contributed by atoms with Gasteiger partial charge in [0.15, 0.2) is 0 Å². The van der Waals surface area contributed by atoms with Crippen LogP contribution in [-0.2, 0) is 4.79 Å². The maximum atomic E-state index is 12.5. The summed E-state index contributed by atoms with van der Waals surface area (Å²) in [6, 6.07) is 8.64. The van der Waals surface area contributed by atoms with Gasteiger partial charge in [-0.1, -0.05) is 32.9 Å². The molecule has 0 bridgehead atoms. The van der Waals surface area contributed by atoms with Crippen LogP contribution in [0.4, 0.5) is 0 Å². The molecule has 1 aliphatic rings. The van der Waals surface area contributed by atoms with Gasteiger partial charge >= 0.3 is 5.97 Å². The van der Waals surface area contributed by atoms with Crippen molar-refractivity contribution in [2.75, 3.05) is 13.1 Å². The first-order chi connectivity index (χ1) is 12.6. The monoisotopic (exact) mass is 367 g/mol. The normalized spacial score (nSPS) is 17.2. The van der Waals surface area contributed by atoms with Crippen LogP contribution in [0.15, 0.2) is 30.3 Å². The summed E-state index contributed by atoms with van der Waals surface area (Å²) in [5, 5.41) is 9.05. The molecule has 27 heavy (non-hydrogen) atoms. The molecule has 2 aromatic rings. The largest absolute Gasteiger partial charge is 0.478 e. The predicted molar refractivity (Wildman–Crippen MR) is 103 cm³/mol. The van der Waals surface area contributed by atoms with Gasteiger partial charge in [-0.2, -0.15) is 0 Å². The summed E-state index contributed by atoms with van der Waals surface area (Å²) in [6.07, 6.45) is 0.885. The Morgan fingerprint density at radius 2 is 1.81 bits per heavy atom. The lowest BCUT2D eigenvalue weighted by molar-refractivity contribution is -0.138. The molecule has 0 aliphatic carbocycles. The average molecular weight is 367 g/mol. The minimum Gasteiger partial charge on any atom is -0.478 e. The van der Waals surface area contributed by atoms with Crippen molar-refractivity contribution in [2.24, 2.45) is 5.41 Å². The van der Waals surface area contributed by atoms with Gasteiger partial charge in [-0.3, -0.25) is 4.79 Å². The number of nitrogens with zero attached hydrogens (tertiary/aromatic N) is 3. The Bertz CT molecular complexity index is 869. The van der Waals surface area contributed by atoms with E-state index in [0.29, 0.717) is 12.4 Å². The van der Waals surface area contributed by atoms with E-state index in [2.05, 4.69) is 9.97 Å². The number of benzene rings is 1. The quantitative estimate of drug-likeness (QED) is 0.897. The number of hydrogen-bond donors (Lipinski definition) is 1. The lowest BCUT2D eigenvalue weighted by Gasteiger charge is -2.25. The van der Waals surface area contributed by atoms with Crippen LogP contribution >= 0.6 is 0 Å². The molecule has 2 heterocycles. The molecule has 0 saturated carbocycles. The van der Waals surface area contributed by atoms with Crippen molar-refractivity contribution in [3.63, 3.8) is 0 Å². The smallest absolute Gasteiger partial charge is 0.335 e. The molecule has 1 aliphatic heterocycles. The number of amides is 1. The summed E-state index contributed by atoms with van der Waals surface area (Å²) >= 11 is 0. The third-order valence-corrected chi connectivity index (χ3v) is 4.82. The van der Waals surface area contributed by atoms with Gasteiger partial charge in [0.05, 0.1) is 11.3 Å². The molecule has 1 amide bonds. The second kappa shape index (κ2) is 7.10. The average Bonchev–Trinajstić information content (AvgIpc) is 3.09. The predicted octanol–water partition coefficient (Wildman–Crippen LogP) is 3.51. The summed E-state index contributed by atoms with van der Waals surface area (Å²) in [7, 11) is 0. The molecule has 1 fully saturated rings. The molecule has 142 valence electrons. The Balaban J connectivity index is 1.84. The van der Waals surface area contributed by atoms with Crippen LogP contribution in [0.25, 0.3) is 11.3 Å². The number of rotatable bonds is 3. The molecular formula is C21H25N3O3. The topological polar surface area (TPSA) is 83.4 Å². The second-order valence-corrected chi connectivity index (χ2v) is 8.09. The van der Waals surface area contributed by atoms with Crippen LogP contribution in [-0.4, -0.2) is 44.9 Å². The number of likely N-dealkylation sites (tertiary alicyclic amines) is 1. The van der Waals surface area contributed by atoms with Crippen molar-refractivity contribution in [1.82, 2.24) is 14.9 Å². The van der Waals surface area contributed by atoms with E-state index in [4.69, 9.17) is 5.11 Å².